The van der Waals surface area contributed by atoms with Gasteiger partial charge in [-0.15, -0.1) is 5.10 Å². The first kappa shape index (κ1) is 16.0. The Kier molecular flexibility index (Phi) is 3.70. The van der Waals surface area contributed by atoms with E-state index in [2.05, 4.69) is 15.1 Å². The summed E-state index contributed by atoms with van der Waals surface area (Å²) >= 11 is 0. The van der Waals surface area contributed by atoms with Gasteiger partial charge in [-0.1, -0.05) is 12.8 Å². The Hall–Kier alpha value is -2.51. The predicted molar refractivity (Wildman–Crippen MR) is 88.2 cm³/mol. The fourth-order valence-corrected chi connectivity index (χ4v) is 4.35. The monoisotopic (exact) mass is 343 g/mol. The lowest BCUT2D eigenvalue weighted by Crippen LogP contribution is -2.46. The first-order valence-corrected chi connectivity index (χ1v) is 8.72. The molecule has 0 aromatic carbocycles. The normalized spacial score (nSPS) is 26.0. The van der Waals surface area contributed by atoms with E-state index in [1.54, 1.807) is 0 Å². The standard InChI is InChI=1S/C17H21N5O3/c1-9-7-10(2)22-17(18-9)19-14(20-22)15(23)21-12-6-4-3-5-11(12)8-13(21)16(24)25/h7,11-13H,3-6,8H2,1-2H3,(H,24,25)/t11-,12+,13+/m1/s1. The van der Waals surface area contributed by atoms with E-state index in [1.165, 1.54) is 9.42 Å². The molecule has 8 heteroatoms. The molecule has 8 nitrogen and oxygen atoms in total. The first-order chi connectivity index (χ1) is 12.0. The van der Waals surface area contributed by atoms with Crippen molar-refractivity contribution in [2.75, 3.05) is 0 Å². The number of carbonyl (C=O) groups is 2. The van der Waals surface area contributed by atoms with Crippen LogP contribution in [0.1, 0.15) is 54.1 Å². The van der Waals surface area contributed by atoms with Crippen LogP contribution in [0.2, 0.25) is 0 Å². The summed E-state index contributed by atoms with van der Waals surface area (Å²) in [7, 11) is 0. The number of nitrogens with zero attached hydrogens (tertiary/aromatic N) is 5. The summed E-state index contributed by atoms with van der Waals surface area (Å²) in [5.74, 6) is -0.690. The highest BCUT2D eigenvalue weighted by atomic mass is 16.4. The number of carbonyl (C=O) groups excluding carboxylic acids is 1. The molecule has 3 heterocycles. The van der Waals surface area contributed by atoms with Gasteiger partial charge in [-0.3, -0.25) is 4.79 Å². The van der Waals surface area contributed by atoms with Crippen LogP contribution in [0.5, 0.6) is 0 Å². The van der Waals surface area contributed by atoms with Crippen molar-refractivity contribution >= 4 is 17.7 Å². The van der Waals surface area contributed by atoms with Gasteiger partial charge < -0.3 is 10.0 Å². The molecule has 2 aliphatic rings. The summed E-state index contributed by atoms with van der Waals surface area (Å²) in [5.41, 5.74) is 1.63. The van der Waals surface area contributed by atoms with E-state index >= 15 is 0 Å². The lowest BCUT2D eigenvalue weighted by Gasteiger charge is -2.32. The highest BCUT2D eigenvalue weighted by Gasteiger charge is 2.48. The van der Waals surface area contributed by atoms with Crippen molar-refractivity contribution in [3.63, 3.8) is 0 Å². The topological polar surface area (TPSA) is 101 Å². The van der Waals surface area contributed by atoms with Gasteiger partial charge in [0.25, 0.3) is 11.7 Å². The number of aryl methyl sites for hydroxylation is 2. The summed E-state index contributed by atoms with van der Waals surface area (Å²) < 4.78 is 1.53. The average molecular weight is 343 g/mol. The van der Waals surface area contributed by atoms with E-state index in [9.17, 15) is 14.7 Å². The summed E-state index contributed by atoms with van der Waals surface area (Å²) in [4.78, 5) is 34.9. The quantitative estimate of drug-likeness (QED) is 0.889. The second-order valence-electron chi connectivity index (χ2n) is 7.10. The molecule has 1 N–H and O–H groups in total. The summed E-state index contributed by atoms with van der Waals surface area (Å²) in [6, 6.07) is 1.05. The molecule has 2 aromatic heterocycles. The molecule has 3 atom stereocenters. The lowest BCUT2D eigenvalue weighted by molar-refractivity contribution is -0.141. The SMILES string of the molecule is Cc1cc(C)n2nc(C(=O)N3[C@H](C(=O)O)C[C@H]4CCCC[C@@H]43)nc2n1. The zero-order valence-corrected chi connectivity index (χ0v) is 14.3. The minimum atomic E-state index is -0.948. The summed E-state index contributed by atoms with van der Waals surface area (Å²) in [6.07, 6.45) is 4.48. The Labute approximate surface area is 144 Å². The van der Waals surface area contributed by atoms with Crippen LogP contribution in [0, 0.1) is 19.8 Å². The van der Waals surface area contributed by atoms with E-state index < -0.39 is 17.9 Å². The van der Waals surface area contributed by atoms with Gasteiger partial charge in [-0.05, 0) is 45.1 Å². The van der Waals surface area contributed by atoms with Crippen molar-refractivity contribution < 1.29 is 14.7 Å². The number of amides is 1. The van der Waals surface area contributed by atoms with Crippen molar-refractivity contribution in [2.45, 2.75) is 58.0 Å². The molecule has 0 radical (unpaired) electrons. The molecule has 0 unspecified atom stereocenters. The second kappa shape index (κ2) is 5.79. The maximum absolute atomic E-state index is 13.1. The van der Waals surface area contributed by atoms with E-state index in [1.807, 2.05) is 19.9 Å². The van der Waals surface area contributed by atoms with Crippen LogP contribution in [0.25, 0.3) is 5.78 Å². The molecule has 0 bridgehead atoms. The molecule has 2 fully saturated rings. The van der Waals surface area contributed by atoms with Gasteiger partial charge in [0.1, 0.15) is 6.04 Å². The molecule has 132 valence electrons. The molecule has 1 aliphatic carbocycles. The van der Waals surface area contributed by atoms with Crippen molar-refractivity contribution in [2.24, 2.45) is 5.92 Å². The maximum Gasteiger partial charge on any atom is 0.326 e. The Balaban J connectivity index is 1.73. The van der Waals surface area contributed by atoms with Crippen LogP contribution in [-0.4, -0.2) is 53.5 Å². The van der Waals surface area contributed by atoms with E-state index in [4.69, 9.17) is 0 Å². The fourth-order valence-electron chi connectivity index (χ4n) is 4.35. The number of likely N-dealkylation sites (tertiary alicyclic amines) is 1. The van der Waals surface area contributed by atoms with Gasteiger partial charge in [0.05, 0.1) is 0 Å². The maximum atomic E-state index is 13.1. The molecular formula is C17H21N5O3. The van der Waals surface area contributed by atoms with Crippen LogP contribution >= 0.6 is 0 Å². The molecule has 2 aromatic rings. The smallest absolute Gasteiger partial charge is 0.326 e. The van der Waals surface area contributed by atoms with Gasteiger partial charge in [0, 0.05) is 17.4 Å². The summed E-state index contributed by atoms with van der Waals surface area (Å²) in [6.45, 7) is 3.73. The van der Waals surface area contributed by atoms with Crippen molar-refractivity contribution in [1.82, 2.24) is 24.5 Å². The zero-order valence-electron chi connectivity index (χ0n) is 14.3. The van der Waals surface area contributed by atoms with Gasteiger partial charge in [-0.25, -0.2) is 14.3 Å². The zero-order chi connectivity index (χ0) is 17.7. The largest absolute Gasteiger partial charge is 0.480 e. The van der Waals surface area contributed by atoms with Crippen molar-refractivity contribution in [3.05, 3.63) is 23.3 Å². The van der Waals surface area contributed by atoms with Gasteiger partial charge in [0.15, 0.2) is 0 Å². The molecule has 1 saturated carbocycles. The Morgan fingerprint density at radius 2 is 1.96 bits per heavy atom. The molecule has 4 rings (SSSR count). The Morgan fingerprint density at radius 3 is 2.72 bits per heavy atom. The second-order valence-corrected chi connectivity index (χ2v) is 7.10. The van der Waals surface area contributed by atoms with E-state index in [0.717, 1.165) is 37.1 Å². The van der Waals surface area contributed by atoms with E-state index in [-0.39, 0.29) is 17.8 Å². The average Bonchev–Trinajstić information content (AvgIpc) is 3.15. The van der Waals surface area contributed by atoms with Gasteiger partial charge >= 0.3 is 5.97 Å². The minimum Gasteiger partial charge on any atom is -0.480 e. The molecular weight excluding hydrogens is 322 g/mol. The number of hydrogen-bond donors (Lipinski definition) is 1. The number of carboxylic acids is 1. The van der Waals surface area contributed by atoms with Crippen LogP contribution in [-0.2, 0) is 4.79 Å². The van der Waals surface area contributed by atoms with Crippen molar-refractivity contribution in [1.29, 1.82) is 0 Å². The molecule has 1 amide bonds. The molecule has 0 spiro atoms. The number of rotatable bonds is 2. The lowest BCUT2D eigenvalue weighted by atomic mass is 9.85. The third kappa shape index (κ3) is 2.56. The highest BCUT2D eigenvalue weighted by Crippen LogP contribution is 2.40. The fraction of sp³-hybridized carbons (Fsp3) is 0.588. The molecule has 1 aliphatic heterocycles. The Morgan fingerprint density at radius 1 is 1.20 bits per heavy atom. The predicted octanol–water partition coefficient (Wildman–Crippen LogP) is 1.60. The van der Waals surface area contributed by atoms with Crippen LogP contribution in [0.15, 0.2) is 6.07 Å². The minimum absolute atomic E-state index is 0.0234. The van der Waals surface area contributed by atoms with Crippen LogP contribution in [0.4, 0.5) is 0 Å². The Bertz CT molecular complexity index is 861. The third-order valence-electron chi connectivity index (χ3n) is 5.42. The number of aliphatic carboxylic acids is 1. The molecule has 25 heavy (non-hydrogen) atoms. The third-order valence-corrected chi connectivity index (χ3v) is 5.42. The van der Waals surface area contributed by atoms with Gasteiger partial charge in [0.2, 0.25) is 5.82 Å². The van der Waals surface area contributed by atoms with Crippen LogP contribution in [0.3, 0.4) is 0 Å². The number of aromatic nitrogens is 4. The first-order valence-electron chi connectivity index (χ1n) is 8.72. The number of carboxylic acid groups (broad SMARTS) is 1. The molecule has 1 saturated heterocycles. The van der Waals surface area contributed by atoms with Crippen LogP contribution < -0.4 is 0 Å². The van der Waals surface area contributed by atoms with Gasteiger partial charge in [-0.2, -0.15) is 4.98 Å². The number of fused-ring (bicyclic) bond motifs is 2. The van der Waals surface area contributed by atoms with Crippen molar-refractivity contribution in [3.8, 4) is 0 Å². The summed E-state index contributed by atoms with van der Waals surface area (Å²) in [5, 5.41) is 13.9. The van der Waals surface area contributed by atoms with E-state index in [0.29, 0.717) is 12.2 Å². The highest BCUT2D eigenvalue weighted by molar-refractivity contribution is 5.94. The number of hydrogen-bond acceptors (Lipinski definition) is 5.